The first kappa shape index (κ1) is 6.62. The molecule has 1 aromatic carbocycles. The van der Waals surface area contributed by atoms with E-state index in [4.69, 9.17) is 0 Å². The van der Waals surface area contributed by atoms with Gasteiger partial charge in [0.15, 0.2) is 0 Å². The van der Waals surface area contributed by atoms with E-state index in [2.05, 4.69) is 6.07 Å². The topological polar surface area (TPSA) is 0 Å². The van der Waals surface area contributed by atoms with Crippen molar-refractivity contribution in [1.29, 1.82) is 0 Å². The number of hydrogen-bond acceptors (Lipinski definition) is 1. The molecule has 1 rings (SSSR count). The van der Waals surface area contributed by atoms with Crippen LogP contribution in [0, 0.1) is 11.9 Å². The molecule has 0 aliphatic heterocycles. The monoisotopic (exact) mass is 141 g/mol. The van der Waals surface area contributed by atoms with Crippen molar-refractivity contribution in [1.82, 2.24) is 0 Å². The lowest BCUT2D eigenvalue weighted by Gasteiger charge is -1.91. The zero-order valence-corrected chi connectivity index (χ0v) is 5.83. The van der Waals surface area contributed by atoms with E-state index in [1.165, 1.54) is 17.8 Å². The molecule has 0 fully saturated rings. The van der Waals surface area contributed by atoms with Crippen LogP contribution in [0.15, 0.2) is 23.1 Å². The summed E-state index contributed by atoms with van der Waals surface area (Å²) >= 11 is 1.52. The quantitative estimate of drug-likeness (QED) is 0.541. The van der Waals surface area contributed by atoms with E-state index in [-0.39, 0.29) is 5.82 Å². The minimum atomic E-state index is -0.290. The van der Waals surface area contributed by atoms with Crippen LogP contribution in [-0.2, 0) is 0 Å². The Bertz CT molecular complexity index is 198. The van der Waals surface area contributed by atoms with E-state index >= 15 is 0 Å². The Morgan fingerprint density at radius 3 is 2.89 bits per heavy atom. The van der Waals surface area contributed by atoms with Gasteiger partial charge >= 0.3 is 0 Å². The summed E-state index contributed by atoms with van der Waals surface area (Å²) in [6, 6.07) is 7.30. The smallest absolute Gasteiger partial charge is 0.132 e. The number of halogens is 1. The summed E-state index contributed by atoms with van der Waals surface area (Å²) in [5.41, 5.74) is 0. The molecule has 0 amide bonds. The summed E-state index contributed by atoms with van der Waals surface area (Å²) in [6.45, 7) is 0. The molecule has 0 unspecified atom stereocenters. The molecule has 0 saturated heterocycles. The summed E-state index contributed by atoms with van der Waals surface area (Å²) in [4.78, 5) is 0.936. The van der Waals surface area contributed by atoms with Gasteiger partial charge in [0.25, 0.3) is 0 Å². The second kappa shape index (κ2) is 2.87. The number of thioether (sulfide) groups is 1. The number of hydrogen-bond donors (Lipinski definition) is 0. The fourth-order valence-electron chi connectivity index (χ4n) is 0.545. The maximum Gasteiger partial charge on any atom is 0.132 e. The highest BCUT2D eigenvalue weighted by atomic mass is 32.2. The lowest BCUT2D eigenvalue weighted by atomic mass is 10.4. The van der Waals surface area contributed by atoms with Crippen molar-refractivity contribution in [3.05, 3.63) is 30.1 Å². The first-order valence-electron chi connectivity index (χ1n) is 2.54. The Balaban J connectivity index is 2.94. The second-order valence-electron chi connectivity index (χ2n) is 1.58. The molecule has 0 aliphatic carbocycles. The van der Waals surface area contributed by atoms with Crippen LogP contribution in [0.4, 0.5) is 4.39 Å². The summed E-state index contributed by atoms with van der Waals surface area (Å²) < 4.78 is 12.3. The molecule has 0 saturated carbocycles. The molecule has 0 N–H and O–H groups in total. The molecule has 0 bridgehead atoms. The van der Waals surface area contributed by atoms with Crippen LogP contribution in [-0.4, -0.2) is 6.26 Å². The average molecular weight is 141 g/mol. The van der Waals surface area contributed by atoms with Gasteiger partial charge in [-0.15, -0.1) is 11.8 Å². The predicted octanol–water partition coefficient (Wildman–Crippen LogP) is 2.35. The van der Waals surface area contributed by atoms with Gasteiger partial charge in [0, 0.05) is 11.0 Å². The van der Waals surface area contributed by atoms with Gasteiger partial charge in [0.2, 0.25) is 0 Å². The van der Waals surface area contributed by atoms with Gasteiger partial charge in [-0.3, -0.25) is 0 Å². The van der Waals surface area contributed by atoms with Crippen LogP contribution >= 0.6 is 11.8 Å². The minimum absolute atomic E-state index is 0.290. The molecular weight excluding hydrogens is 135 g/mol. The van der Waals surface area contributed by atoms with Crippen LogP contribution in [0.1, 0.15) is 0 Å². The van der Waals surface area contributed by atoms with Crippen LogP contribution in [0.5, 0.6) is 0 Å². The summed E-state index contributed by atoms with van der Waals surface area (Å²) in [6.07, 6.45) is 1.91. The second-order valence-corrected chi connectivity index (χ2v) is 2.46. The van der Waals surface area contributed by atoms with Crippen molar-refractivity contribution in [2.45, 2.75) is 4.90 Å². The molecule has 0 nitrogen and oxygen atoms in total. The van der Waals surface area contributed by atoms with Gasteiger partial charge < -0.3 is 0 Å². The van der Waals surface area contributed by atoms with E-state index in [0.29, 0.717) is 0 Å². The molecule has 0 spiro atoms. The average Bonchev–Trinajstić information content (AvgIpc) is 1.88. The Morgan fingerprint density at radius 2 is 2.44 bits per heavy atom. The van der Waals surface area contributed by atoms with Crippen LogP contribution in [0.3, 0.4) is 0 Å². The molecule has 2 heteroatoms. The third-order valence-corrected chi connectivity index (χ3v) is 1.70. The van der Waals surface area contributed by atoms with Crippen molar-refractivity contribution in [3.63, 3.8) is 0 Å². The van der Waals surface area contributed by atoms with Crippen molar-refractivity contribution in [3.8, 4) is 0 Å². The SMILES string of the molecule is CSc1cc[c]c(F)c1. The fourth-order valence-corrected chi connectivity index (χ4v) is 0.970. The highest BCUT2D eigenvalue weighted by molar-refractivity contribution is 7.98. The Labute approximate surface area is 58.1 Å². The highest BCUT2D eigenvalue weighted by Gasteiger charge is 1.90. The molecule has 0 aromatic heterocycles. The molecular formula is C7H6FS. The van der Waals surface area contributed by atoms with Crippen molar-refractivity contribution >= 4 is 11.8 Å². The lowest BCUT2D eigenvalue weighted by molar-refractivity contribution is 0.622. The Hall–Kier alpha value is -0.500. The van der Waals surface area contributed by atoms with E-state index in [9.17, 15) is 4.39 Å². The standard InChI is InChI=1S/C7H6FS/c1-9-7-4-2-3-6(8)5-7/h2,4-5H,1H3. The van der Waals surface area contributed by atoms with Crippen molar-refractivity contribution in [2.24, 2.45) is 0 Å². The molecule has 1 aromatic rings. The van der Waals surface area contributed by atoms with Crippen LogP contribution in [0.25, 0.3) is 0 Å². The molecule has 0 heterocycles. The Kier molecular flexibility index (Phi) is 2.11. The van der Waals surface area contributed by atoms with E-state index < -0.39 is 0 Å². The molecule has 47 valence electrons. The van der Waals surface area contributed by atoms with Crippen LogP contribution in [0.2, 0.25) is 0 Å². The first-order chi connectivity index (χ1) is 4.33. The number of benzene rings is 1. The van der Waals surface area contributed by atoms with E-state index in [1.54, 1.807) is 6.07 Å². The zero-order valence-electron chi connectivity index (χ0n) is 5.02. The predicted molar refractivity (Wildman–Crippen MR) is 37.0 cm³/mol. The maximum atomic E-state index is 12.3. The Morgan fingerprint density at radius 1 is 1.67 bits per heavy atom. The van der Waals surface area contributed by atoms with Crippen molar-refractivity contribution < 1.29 is 4.39 Å². The fraction of sp³-hybridized carbons (Fsp3) is 0.143. The minimum Gasteiger partial charge on any atom is -0.206 e. The third-order valence-electron chi connectivity index (χ3n) is 0.974. The molecule has 0 aliphatic rings. The normalized spacial score (nSPS) is 9.56. The van der Waals surface area contributed by atoms with Gasteiger partial charge in [-0.1, -0.05) is 6.07 Å². The van der Waals surface area contributed by atoms with Gasteiger partial charge in [0.05, 0.1) is 0 Å². The molecule has 0 atom stereocenters. The maximum absolute atomic E-state index is 12.3. The third kappa shape index (κ3) is 1.72. The summed E-state index contributed by atoms with van der Waals surface area (Å²) in [5, 5.41) is 0. The van der Waals surface area contributed by atoms with Crippen molar-refractivity contribution in [2.75, 3.05) is 6.26 Å². The largest absolute Gasteiger partial charge is 0.206 e. The summed E-state index contributed by atoms with van der Waals surface area (Å²) in [5.74, 6) is -0.290. The molecule has 1 radical (unpaired) electrons. The van der Waals surface area contributed by atoms with Crippen LogP contribution < -0.4 is 0 Å². The van der Waals surface area contributed by atoms with Gasteiger partial charge in [-0.2, -0.15) is 0 Å². The molecule has 9 heavy (non-hydrogen) atoms. The van der Waals surface area contributed by atoms with Gasteiger partial charge in [0.1, 0.15) is 5.82 Å². The first-order valence-corrected chi connectivity index (χ1v) is 3.76. The lowest BCUT2D eigenvalue weighted by Crippen LogP contribution is -1.72. The highest BCUT2D eigenvalue weighted by Crippen LogP contribution is 2.13. The van der Waals surface area contributed by atoms with E-state index in [0.717, 1.165) is 4.90 Å². The van der Waals surface area contributed by atoms with Gasteiger partial charge in [-0.05, 0) is 18.4 Å². The van der Waals surface area contributed by atoms with Gasteiger partial charge in [-0.25, -0.2) is 4.39 Å². The van der Waals surface area contributed by atoms with E-state index in [1.807, 2.05) is 12.3 Å². The summed E-state index contributed by atoms with van der Waals surface area (Å²) in [7, 11) is 0. The number of rotatable bonds is 1. The zero-order chi connectivity index (χ0) is 6.69.